The van der Waals surface area contributed by atoms with E-state index in [1.807, 2.05) is 0 Å². The van der Waals surface area contributed by atoms with Crippen LogP contribution in [0.3, 0.4) is 0 Å². The van der Waals surface area contributed by atoms with Crippen molar-refractivity contribution in [2.75, 3.05) is 13.2 Å². The van der Waals surface area contributed by atoms with E-state index in [4.69, 9.17) is 4.74 Å². The molecule has 0 atom stereocenters. The highest BCUT2D eigenvalue weighted by Crippen LogP contribution is 2.38. The van der Waals surface area contributed by atoms with Gasteiger partial charge in [0, 0.05) is 18.5 Å². The van der Waals surface area contributed by atoms with E-state index < -0.39 is 0 Å². The van der Waals surface area contributed by atoms with Crippen molar-refractivity contribution in [3.05, 3.63) is 53.1 Å². The van der Waals surface area contributed by atoms with Crippen LogP contribution in [-0.4, -0.2) is 13.2 Å². The normalized spacial score (nSPS) is 13.1. The van der Waals surface area contributed by atoms with Crippen molar-refractivity contribution in [1.82, 2.24) is 5.32 Å². The Labute approximate surface area is 120 Å². The summed E-state index contributed by atoms with van der Waals surface area (Å²) in [5, 5.41) is 3.42. The minimum Gasteiger partial charge on any atom is -0.492 e. The van der Waals surface area contributed by atoms with E-state index in [0.29, 0.717) is 0 Å². The van der Waals surface area contributed by atoms with E-state index >= 15 is 0 Å². The van der Waals surface area contributed by atoms with Gasteiger partial charge < -0.3 is 10.1 Å². The predicted octanol–water partition coefficient (Wildman–Crippen LogP) is 3.71. The first kappa shape index (κ1) is 13.2. The summed E-state index contributed by atoms with van der Waals surface area (Å²) >= 11 is 0. The molecule has 1 heterocycles. The number of hydrogen-bond acceptors (Lipinski definition) is 2. The van der Waals surface area contributed by atoms with Crippen LogP contribution in [0.5, 0.6) is 5.75 Å². The van der Waals surface area contributed by atoms with Crippen LogP contribution >= 0.6 is 0 Å². The van der Waals surface area contributed by atoms with E-state index in [1.165, 1.54) is 27.8 Å². The summed E-state index contributed by atoms with van der Waals surface area (Å²) in [6, 6.07) is 13.2. The van der Waals surface area contributed by atoms with Gasteiger partial charge in [-0.2, -0.15) is 0 Å². The lowest BCUT2D eigenvalue weighted by Gasteiger charge is -2.14. The fraction of sp³-hybridized carbons (Fsp3) is 0.333. The van der Waals surface area contributed by atoms with Gasteiger partial charge >= 0.3 is 0 Å². The second-order valence-corrected chi connectivity index (χ2v) is 5.33. The van der Waals surface area contributed by atoms with Crippen molar-refractivity contribution < 1.29 is 4.74 Å². The molecule has 0 aromatic heterocycles. The van der Waals surface area contributed by atoms with E-state index in [9.17, 15) is 0 Å². The van der Waals surface area contributed by atoms with Gasteiger partial charge in [0.2, 0.25) is 0 Å². The number of ether oxygens (including phenoxy) is 1. The maximum absolute atomic E-state index is 5.86. The minimum absolute atomic E-state index is 0.806. The zero-order valence-corrected chi connectivity index (χ0v) is 12.2. The van der Waals surface area contributed by atoms with Crippen molar-refractivity contribution in [2.24, 2.45) is 0 Å². The molecule has 104 valence electrons. The molecule has 1 aliphatic rings. The molecule has 0 bridgehead atoms. The molecular weight excluding hydrogens is 246 g/mol. The summed E-state index contributed by atoms with van der Waals surface area (Å²) in [6.07, 6.45) is 1.03. The Morgan fingerprint density at radius 2 is 2.05 bits per heavy atom. The third-order valence-electron chi connectivity index (χ3n) is 3.84. The van der Waals surface area contributed by atoms with Crippen molar-refractivity contribution in [2.45, 2.75) is 26.8 Å². The first-order valence-electron chi connectivity index (χ1n) is 7.35. The smallest absolute Gasteiger partial charge is 0.130 e. The number of fused-ring (bicyclic) bond motifs is 1. The molecule has 0 radical (unpaired) electrons. The Bertz CT molecular complexity index is 619. The lowest BCUT2D eigenvalue weighted by atomic mass is 9.95. The summed E-state index contributed by atoms with van der Waals surface area (Å²) in [4.78, 5) is 0. The van der Waals surface area contributed by atoms with E-state index in [0.717, 1.165) is 31.9 Å². The summed E-state index contributed by atoms with van der Waals surface area (Å²) in [5.74, 6) is 1.08. The summed E-state index contributed by atoms with van der Waals surface area (Å²) in [5.41, 5.74) is 6.48. The molecule has 3 rings (SSSR count). The average molecular weight is 267 g/mol. The van der Waals surface area contributed by atoms with Gasteiger partial charge in [0.25, 0.3) is 0 Å². The van der Waals surface area contributed by atoms with Gasteiger partial charge in [-0.3, -0.25) is 0 Å². The predicted molar refractivity (Wildman–Crippen MR) is 83.2 cm³/mol. The molecule has 0 aliphatic carbocycles. The quantitative estimate of drug-likeness (QED) is 0.912. The van der Waals surface area contributed by atoms with E-state index in [2.05, 4.69) is 55.6 Å². The van der Waals surface area contributed by atoms with Gasteiger partial charge in [-0.1, -0.05) is 48.9 Å². The third kappa shape index (κ3) is 2.44. The van der Waals surface area contributed by atoms with Gasteiger partial charge in [0.1, 0.15) is 5.75 Å². The third-order valence-corrected chi connectivity index (χ3v) is 3.84. The van der Waals surface area contributed by atoms with Crippen LogP contribution in [-0.2, 0) is 13.0 Å². The molecule has 2 aromatic carbocycles. The highest BCUT2D eigenvalue weighted by Gasteiger charge is 2.18. The summed E-state index contributed by atoms with van der Waals surface area (Å²) in [6.45, 7) is 6.97. The van der Waals surface area contributed by atoms with E-state index in [1.54, 1.807) is 0 Å². The zero-order chi connectivity index (χ0) is 13.9. The summed E-state index contributed by atoms with van der Waals surface area (Å²) < 4.78 is 5.86. The molecule has 0 saturated carbocycles. The molecule has 0 fully saturated rings. The van der Waals surface area contributed by atoms with Crippen molar-refractivity contribution in [1.29, 1.82) is 0 Å². The standard InChI is InChI=1S/C18H21NO/c1-3-19-12-15-8-7-13(2)11-17(15)16-6-4-5-14-9-10-20-18(14)16/h4-8,11,19H,3,9-10,12H2,1-2H3. The largest absolute Gasteiger partial charge is 0.492 e. The second-order valence-electron chi connectivity index (χ2n) is 5.33. The molecule has 1 aliphatic heterocycles. The average Bonchev–Trinajstić information content (AvgIpc) is 2.94. The lowest BCUT2D eigenvalue weighted by molar-refractivity contribution is 0.358. The minimum atomic E-state index is 0.806. The monoisotopic (exact) mass is 267 g/mol. The molecule has 20 heavy (non-hydrogen) atoms. The number of hydrogen-bond donors (Lipinski definition) is 1. The molecule has 0 unspecified atom stereocenters. The number of para-hydroxylation sites is 1. The highest BCUT2D eigenvalue weighted by molar-refractivity contribution is 5.76. The summed E-state index contributed by atoms with van der Waals surface area (Å²) in [7, 11) is 0. The van der Waals surface area contributed by atoms with Crippen LogP contribution in [0, 0.1) is 6.92 Å². The maximum Gasteiger partial charge on any atom is 0.130 e. The maximum atomic E-state index is 5.86. The number of nitrogens with one attached hydrogen (secondary N) is 1. The number of rotatable bonds is 4. The Kier molecular flexibility index (Phi) is 3.75. The van der Waals surface area contributed by atoms with Crippen molar-refractivity contribution in [3.8, 4) is 16.9 Å². The van der Waals surface area contributed by atoms with Gasteiger partial charge in [0.05, 0.1) is 6.61 Å². The molecule has 0 amide bonds. The highest BCUT2D eigenvalue weighted by atomic mass is 16.5. The second kappa shape index (κ2) is 5.68. The van der Waals surface area contributed by atoms with Gasteiger partial charge in [0.15, 0.2) is 0 Å². The van der Waals surface area contributed by atoms with Crippen LogP contribution in [0.4, 0.5) is 0 Å². The van der Waals surface area contributed by atoms with Crippen LogP contribution in [0.25, 0.3) is 11.1 Å². The number of benzene rings is 2. The Morgan fingerprint density at radius 1 is 1.15 bits per heavy atom. The molecular formula is C18H21NO. The van der Waals surface area contributed by atoms with Crippen LogP contribution in [0.1, 0.15) is 23.6 Å². The van der Waals surface area contributed by atoms with Crippen molar-refractivity contribution in [3.63, 3.8) is 0 Å². The van der Waals surface area contributed by atoms with Crippen LogP contribution < -0.4 is 10.1 Å². The lowest BCUT2D eigenvalue weighted by Crippen LogP contribution is -2.12. The molecule has 0 saturated heterocycles. The molecule has 2 aromatic rings. The van der Waals surface area contributed by atoms with Crippen molar-refractivity contribution >= 4 is 0 Å². The fourth-order valence-corrected chi connectivity index (χ4v) is 2.78. The fourth-order valence-electron chi connectivity index (χ4n) is 2.78. The van der Waals surface area contributed by atoms with Gasteiger partial charge in [-0.15, -0.1) is 0 Å². The van der Waals surface area contributed by atoms with E-state index in [-0.39, 0.29) is 0 Å². The Hall–Kier alpha value is -1.80. The number of aryl methyl sites for hydroxylation is 1. The SMILES string of the molecule is CCNCc1ccc(C)cc1-c1cccc2c1OCC2. The van der Waals surface area contributed by atoms with Gasteiger partial charge in [-0.25, -0.2) is 0 Å². The topological polar surface area (TPSA) is 21.3 Å². The van der Waals surface area contributed by atoms with Crippen LogP contribution in [0.15, 0.2) is 36.4 Å². The molecule has 0 spiro atoms. The molecule has 2 heteroatoms. The first-order valence-corrected chi connectivity index (χ1v) is 7.35. The zero-order valence-electron chi connectivity index (χ0n) is 12.2. The molecule has 2 nitrogen and oxygen atoms in total. The first-order chi connectivity index (χ1) is 9.79. The van der Waals surface area contributed by atoms with Crippen LogP contribution in [0.2, 0.25) is 0 Å². The Balaban J connectivity index is 2.09. The Morgan fingerprint density at radius 3 is 2.90 bits per heavy atom. The van der Waals surface area contributed by atoms with Gasteiger partial charge in [-0.05, 0) is 30.2 Å². The molecule has 1 N–H and O–H groups in total.